The lowest BCUT2D eigenvalue weighted by Crippen LogP contribution is -2.29. The molecule has 4 heteroatoms. The lowest BCUT2D eigenvalue weighted by atomic mass is 10.1. The summed E-state index contributed by atoms with van der Waals surface area (Å²) < 4.78 is 5.12. The Bertz CT molecular complexity index is 392. The maximum absolute atomic E-state index is 5.28. The van der Waals surface area contributed by atoms with Crippen LogP contribution in [0.4, 0.5) is 5.69 Å². The summed E-state index contributed by atoms with van der Waals surface area (Å²) in [6, 6.07) is 7.75. The van der Waals surface area contributed by atoms with Gasteiger partial charge in [0, 0.05) is 12.2 Å². The molecule has 0 aliphatic heterocycles. The summed E-state index contributed by atoms with van der Waals surface area (Å²) in [5.41, 5.74) is 0.980. The van der Waals surface area contributed by atoms with Gasteiger partial charge in [-0.15, -0.1) is 0 Å². The van der Waals surface area contributed by atoms with Crippen LogP contribution >= 0.6 is 12.2 Å². The predicted octanol–water partition coefficient (Wildman–Crippen LogP) is 4.73. The van der Waals surface area contributed by atoms with Crippen LogP contribution in [-0.4, -0.2) is 18.8 Å². The maximum Gasteiger partial charge on any atom is 0.170 e. The Kier molecular flexibility index (Phi) is 9.62. The summed E-state index contributed by atoms with van der Waals surface area (Å²) in [4.78, 5) is 0. The summed E-state index contributed by atoms with van der Waals surface area (Å²) in [6.45, 7) is 3.19. The Labute approximate surface area is 134 Å². The third-order valence-corrected chi connectivity index (χ3v) is 3.66. The number of thiocarbonyl (C=S) groups is 1. The Balaban J connectivity index is 2.05. The van der Waals surface area contributed by atoms with Crippen molar-refractivity contribution in [2.24, 2.45) is 0 Å². The van der Waals surface area contributed by atoms with Crippen molar-refractivity contribution in [3.05, 3.63) is 24.3 Å². The van der Waals surface area contributed by atoms with Crippen molar-refractivity contribution in [2.75, 3.05) is 19.0 Å². The van der Waals surface area contributed by atoms with Crippen LogP contribution in [0.5, 0.6) is 5.75 Å². The molecule has 1 aromatic rings. The molecule has 0 radical (unpaired) electrons. The minimum absolute atomic E-state index is 0.686. The van der Waals surface area contributed by atoms with Gasteiger partial charge in [0.25, 0.3) is 0 Å². The van der Waals surface area contributed by atoms with Crippen LogP contribution in [0, 0.1) is 0 Å². The topological polar surface area (TPSA) is 33.3 Å². The fourth-order valence-corrected chi connectivity index (χ4v) is 2.35. The van der Waals surface area contributed by atoms with E-state index < -0.39 is 0 Å². The Morgan fingerprint density at radius 1 is 1.00 bits per heavy atom. The Morgan fingerprint density at radius 2 is 1.62 bits per heavy atom. The van der Waals surface area contributed by atoms with Crippen molar-refractivity contribution >= 4 is 23.0 Å². The normalized spacial score (nSPS) is 10.2. The lowest BCUT2D eigenvalue weighted by Gasteiger charge is -2.10. The summed E-state index contributed by atoms with van der Waals surface area (Å²) in [5, 5.41) is 7.11. The molecular formula is C17H28N2OS. The molecule has 0 fully saturated rings. The van der Waals surface area contributed by atoms with Crippen LogP contribution in [0.15, 0.2) is 24.3 Å². The van der Waals surface area contributed by atoms with Crippen molar-refractivity contribution in [2.45, 2.75) is 51.9 Å². The van der Waals surface area contributed by atoms with Gasteiger partial charge in [-0.05, 0) is 42.9 Å². The van der Waals surface area contributed by atoms with E-state index >= 15 is 0 Å². The number of anilines is 1. The first-order valence-electron chi connectivity index (χ1n) is 7.95. The fraction of sp³-hybridized carbons (Fsp3) is 0.588. The number of hydrogen-bond acceptors (Lipinski definition) is 2. The van der Waals surface area contributed by atoms with E-state index in [0.29, 0.717) is 5.11 Å². The molecule has 0 unspecified atom stereocenters. The second-order valence-electron chi connectivity index (χ2n) is 5.23. The van der Waals surface area contributed by atoms with Crippen molar-refractivity contribution in [3.63, 3.8) is 0 Å². The third-order valence-electron chi connectivity index (χ3n) is 3.41. The van der Waals surface area contributed by atoms with E-state index in [1.54, 1.807) is 7.11 Å². The van der Waals surface area contributed by atoms with E-state index in [-0.39, 0.29) is 0 Å². The highest BCUT2D eigenvalue weighted by molar-refractivity contribution is 7.80. The van der Waals surface area contributed by atoms with E-state index in [4.69, 9.17) is 17.0 Å². The second kappa shape index (κ2) is 11.4. The van der Waals surface area contributed by atoms with Crippen molar-refractivity contribution in [3.8, 4) is 5.75 Å². The first-order valence-corrected chi connectivity index (χ1v) is 8.36. The second-order valence-corrected chi connectivity index (χ2v) is 5.64. The Morgan fingerprint density at radius 3 is 2.24 bits per heavy atom. The quantitative estimate of drug-likeness (QED) is 0.483. The minimum atomic E-state index is 0.686. The summed E-state index contributed by atoms with van der Waals surface area (Å²) in [7, 11) is 1.66. The third kappa shape index (κ3) is 8.56. The SMILES string of the molecule is CCCCCCCCCNC(=S)Nc1ccc(OC)cc1. The molecule has 0 aliphatic rings. The maximum atomic E-state index is 5.28. The molecule has 2 N–H and O–H groups in total. The molecule has 0 saturated heterocycles. The van der Waals surface area contributed by atoms with E-state index in [9.17, 15) is 0 Å². The summed E-state index contributed by atoms with van der Waals surface area (Å²) >= 11 is 5.28. The van der Waals surface area contributed by atoms with Gasteiger partial charge in [0.05, 0.1) is 7.11 Å². The monoisotopic (exact) mass is 308 g/mol. The molecule has 0 heterocycles. The van der Waals surface area contributed by atoms with Gasteiger partial charge in [-0.1, -0.05) is 45.4 Å². The highest BCUT2D eigenvalue weighted by Gasteiger charge is 1.98. The molecule has 0 aliphatic carbocycles. The van der Waals surface area contributed by atoms with Crippen LogP contribution in [0.2, 0.25) is 0 Å². The summed E-state index contributed by atoms with van der Waals surface area (Å²) in [5.74, 6) is 0.850. The zero-order valence-corrected chi connectivity index (χ0v) is 14.1. The van der Waals surface area contributed by atoms with E-state index in [2.05, 4.69) is 17.6 Å². The van der Waals surface area contributed by atoms with Gasteiger partial charge in [-0.25, -0.2) is 0 Å². The average molecular weight is 308 g/mol. The van der Waals surface area contributed by atoms with Gasteiger partial charge in [0.1, 0.15) is 5.75 Å². The minimum Gasteiger partial charge on any atom is -0.497 e. The number of nitrogens with one attached hydrogen (secondary N) is 2. The molecule has 0 spiro atoms. The molecule has 0 atom stereocenters. The number of ether oxygens (including phenoxy) is 1. The number of unbranched alkanes of at least 4 members (excludes halogenated alkanes) is 6. The van der Waals surface area contributed by atoms with E-state index in [1.165, 1.54) is 44.9 Å². The van der Waals surface area contributed by atoms with Gasteiger partial charge < -0.3 is 15.4 Å². The zero-order valence-electron chi connectivity index (χ0n) is 13.3. The van der Waals surface area contributed by atoms with E-state index in [1.807, 2.05) is 24.3 Å². The molecule has 118 valence electrons. The molecule has 1 rings (SSSR count). The number of hydrogen-bond donors (Lipinski definition) is 2. The number of rotatable bonds is 10. The van der Waals surface area contributed by atoms with Crippen LogP contribution in [-0.2, 0) is 0 Å². The molecule has 0 saturated carbocycles. The van der Waals surface area contributed by atoms with Crippen LogP contribution in [0.3, 0.4) is 0 Å². The van der Waals surface area contributed by atoms with E-state index in [0.717, 1.165) is 18.0 Å². The Hall–Kier alpha value is -1.29. The average Bonchev–Trinajstić information content (AvgIpc) is 2.50. The van der Waals surface area contributed by atoms with Gasteiger partial charge in [-0.3, -0.25) is 0 Å². The number of methoxy groups -OCH3 is 1. The predicted molar refractivity (Wildman–Crippen MR) is 95.2 cm³/mol. The first-order chi connectivity index (χ1) is 10.3. The smallest absolute Gasteiger partial charge is 0.170 e. The van der Waals surface area contributed by atoms with Crippen molar-refractivity contribution < 1.29 is 4.74 Å². The van der Waals surface area contributed by atoms with Crippen LogP contribution in [0.1, 0.15) is 51.9 Å². The molecule has 21 heavy (non-hydrogen) atoms. The van der Waals surface area contributed by atoms with Gasteiger partial charge in [0.2, 0.25) is 0 Å². The van der Waals surface area contributed by atoms with Gasteiger partial charge in [0.15, 0.2) is 5.11 Å². The first kappa shape index (κ1) is 17.8. The highest BCUT2D eigenvalue weighted by Crippen LogP contribution is 2.14. The van der Waals surface area contributed by atoms with Crippen molar-refractivity contribution in [1.29, 1.82) is 0 Å². The van der Waals surface area contributed by atoms with Crippen LogP contribution in [0.25, 0.3) is 0 Å². The highest BCUT2D eigenvalue weighted by atomic mass is 32.1. The fourth-order valence-electron chi connectivity index (χ4n) is 2.13. The molecule has 1 aromatic carbocycles. The lowest BCUT2D eigenvalue weighted by molar-refractivity contribution is 0.415. The number of benzene rings is 1. The molecule has 0 aromatic heterocycles. The van der Waals surface area contributed by atoms with Crippen LogP contribution < -0.4 is 15.4 Å². The summed E-state index contributed by atoms with van der Waals surface area (Å²) in [6.07, 6.45) is 9.21. The van der Waals surface area contributed by atoms with Gasteiger partial charge in [-0.2, -0.15) is 0 Å². The molecule has 3 nitrogen and oxygen atoms in total. The largest absolute Gasteiger partial charge is 0.497 e. The van der Waals surface area contributed by atoms with Crippen molar-refractivity contribution in [1.82, 2.24) is 5.32 Å². The molecular weight excluding hydrogens is 280 g/mol. The zero-order chi connectivity index (χ0) is 15.3. The van der Waals surface area contributed by atoms with Gasteiger partial charge >= 0.3 is 0 Å². The molecule has 0 amide bonds. The molecule has 0 bridgehead atoms. The standard InChI is InChI=1S/C17H28N2OS/c1-3-4-5-6-7-8-9-14-18-17(21)19-15-10-12-16(20-2)13-11-15/h10-13H,3-9,14H2,1-2H3,(H2,18,19,21).